The van der Waals surface area contributed by atoms with Crippen molar-refractivity contribution in [2.24, 2.45) is 11.7 Å². The summed E-state index contributed by atoms with van der Waals surface area (Å²) in [7, 11) is 0. The lowest BCUT2D eigenvalue weighted by Gasteiger charge is -2.31. The topological polar surface area (TPSA) is 87.4 Å². The maximum atomic E-state index is 11.8. The molecule has 0 radical (unpaired) electrons. The van der Waals surface area contributed by atoms with E-state index in [2.05, 4.69) is 16.7 Å². The molecule has 1 fully saturated rings. The zero-order valence-electron chi connectivity index (χ0n) is 14.2. The number of rotatable bonds is 8. The van der Waals surface area contributed by atoms with Crippen molar-refractivity contribution in [2.75, 3.05) is 6.54 Å². The molecule has 0 aliphatic heterocycles. The largest absolute Gasteiger partial charge is 0.378 e. The zero-order chi connectivity index (χ0) is 16.5. The van der Waals surface area contributed by atoms with Gasteiger partial charge in [-0.15, -0.1) is 0 Å². The highest BCUT2D eigenvalue weighted by Gasteiger charge is 2.25. The maximum Gasteiger partial charge on any atom is 0.220 e. The number of nitrogens with two attached hydrogens (primary N) is 1. The van der Waals surface area contributed by atoms with E-state index >= 15 is 0 Å². The summed E-state index contributed by atoms with van der Waals surface area (Å²) in [5.74, 6) is 0.259. The lowest BCUT2D eigenvalue weighted by molar-refractivity contribution is -0.121. The van der Waals surface area contributed by atoms with E-state index in [1.54, 1.807) is 0 Å². The van der Waals surface area contributed by atoms with E-state index in [-0.39, 0.29) is 17.9 Å². The van der Waals surface area contributed by atoms with Gasteiger partial charge in [-0.1, -0.05) is 31.4 Å². The Bertz CT molecular complexity index is 380. The number of unbranched alkanes of at least 4 members (excludes halogenated alkanes) is 1. The molecule has 1 saturated carbocycles. The van der Waals surface area contributed by atoms with Crippen LogP contribution in [-0.4, -0.2) is 35.9 Å². The van der Waals surface area contributed by atoms with E-state index < -0.39 is 6.23 Å². The normalized spacial score (nSPS) is 26.9. The Morgan fingerprint density at radius 3 is 2.57 bits per heavy atom. The number of amides is 1. The number of aliphatic hydroxyl groups is 1. The summed E-state index contributed by atoms with van der Waals surface area (Å²) in [5.41, 5.74) is 5.44. The van der Waals surface area contributed by atoms with Gasteiger partial charge in [0.05, 0.1) is 0 Å². The van der Waals surface area contributed by atoms with Gasteiger partial charge in [0.15, 0.2) is 0 Å². The molecule has 23 heavy (non-hydrogen) atoms. The van der Waals surface area contributed by atoms with Gasteiger partial charge < -0.3 is 16.2 Å². The second-order valence-corrected chi connectivity index (χ2v) is 6.99. The molecule has 3 atom stereocenters. The van der Waals surface area contributed by atoms with Crippen LogP contribution in [0.5, 0.6) is 0 Å². The monoisotopic (exact) mass is 323 g/mol. The second kappa shape index (κ2) is 10.1. The number of carbonyl (C=O) groups excluding carboxylic acids is 1. The maximum absolute atomic E-state index is 11.8. The van der Waals surface area contributed by atoms with Gasteiger partial charge in [0.1, 0.15) is 6.23 Å². The Morgan fingerprint density at radius 1 is 1.13 bits per heavy atom. The van der Waals surface area contributed by atoms with Crippen LogP contribution in [0.3, 0.4) is 0 Å². The van der Waals surface area contributed by atoms with Crippen LogP contribution < -0.4 is 16.4 Å². The molecule has 2 aliphatic rings. The predicted molar refractivity (Wildman–Crippen MR) is 92.7 cm³/mol. The molecule has 0 aromatic heterocycles. The average molecular weight is 323 g/mol. The Labute approximate surface area is 140 Å². The molecular formula is C18H33N3O2. The second-order valence-electron chi connectivity index (χ2n) is 6.99. The van der Waals surface area contributed by atoms with Gasteiger partial charge in [0.2, 0.25) is 5.91 Å². The molecule has 132 valence electrons. The first-order chi connectivity index (χ1) is 11.2. The van der Waals surface area contributed by atoms with Gasteiger partial charge in [0.25, 0.3) is 0 Å². The first-order valence-corrected chi connectivity index (χ1v) is 9.31. The molecule has 5 heteroatoms. The Balaban J connectivity index is 1.68. The van der Waals surface area contributed by atoms with Gasteiger partial charge in [-0.05, 0) is 45.1 Å². The van der Waals surface area contributed by atoms with Crippen LogP contribution in [0.2, 0.25) is 0 Å². The molecule has 0 spiro atoms. The highest BCUT2D eigenvalue weighted by atomic mass is 16.3. The zero-order valence-corrected chi connectivity index (χ0v) is 14.2. The van der Waals surface area contributed by atoms with Crippen LogP contribution in [0.4, 0.5) is 0 Å². The summed E-state index contributed by atoms with van der Waals surface area (Å²) >= 11 is 0. The number of carbonyl (C=O) groups is 1. The number of hydrogen-bond acceptors (Lipinski definition) is 4. The fourth-order valence-electron chi connectivity index (χ4n) is 3.57. The highest BCUT2D eigenvalue weighted by Crippen LogP contribution is 2.23. The number of hydrogen-bond donors (Lipinski definition) is 4. The van der Waals surface area contributed by atoms with E-state index in [1.165, 1.54) is 32.1 Å². The lowest BCUT2D eigenvalue weighted by atomic mass is 9.89. The van der Waals surface area contributed by atoms with Crippen molar-refractivity contribution in [2.45, 2.75) is 82.5 Å². The van der Waals surface area contributed by atoms with E-state index in [9.17, 15) is 9.90 Å². The fraction of sp³-hybridized carbons (Fsp3) is 0.833. The molecule has 5 nitrogen and oxygen atoms in total. The van der Waals surface area contributed by atoms with Crippen LogP contribution in [-0.2, 0) is 4.79 Å². The van der Waals surface area contributed by atoms with E-state index in [4.69, 9.17) is 5.73 Å². The van der Waals surface area contributed by atoms with Crippen LogP contribution in [0.25, 0.3) is 0 Å². The number of aliphatic hydroxyl groups excluding tert-OH is 1. The minimum atomic E-state index is -0.462. The summed E-state index contributed by atoms with van der Waals surface area (Å²) in [6.07, 6.45) is 14.0. The van der Waals surface area contributed by atoms with E-state index in [1.807, 2.05) is 6.08 Å². The van der Waals surface area contributed by atoms with E-state index in [0.717, 1.165) is 25.7 Å². The predicted octanol–water partition coefficient (Wildman–Crippen LogP) is 1.81. The molecule has 2 aliphatic carbocycles. The summed E-state index contributed by atoms with van der Waals surface area (Å²) in [5, 5.41) is 16.8. The quantitative estimate of drug-likeness (QED) is 0.312. The molecule has 3 unspecified atom stereocenters. The molecular weight excluding hydrogens is 290 g/mol. The van der Waals surface area contributed by atoms with Crippen LogP contribution in [0.15, 0.2) is 12.2 Å². The van der Waals surface area contributed by atoms with Gasteiger partial charge in [0, 0.05) is 24.4 Å². The van der Waals surface area contributed by atoms with Crippen LogP contribution >= 0.6 is 0 Å². The standard InChI is InChI=1S/C18H33N3O2/c19-13-5-4-8-17(22)20-16-11-9-14(10-12-16)18(23)21-15-6-2-1-3-7-15/h9,11,14-16,18,21,23H,1-8,10,12-13,19H2,(H,20,22). The Kier molecular flexibility index (Phi) is 8.06. The minimum absolute atomic E-state index is 0.104. The van der Waals surface area contributed by atoms with Gasteiger partial charge >= 0.3 is 0 Å². The van der Waals surface area contributed by atoms with Crippen molar-refractivity contribution in [3.8, 4) is 0 Å². The molecule has 1 amide bonds. The van der Waals surface area contributed by atoms with Gasteiger partial charge in [-0.25, -0.2) is 0 Å². The molecule has 0 bridgehead atoms. The summed E-state index contributed by atoms with van der Waals surface area (Å²) in [4.78, 5) is 11.8. The summed E-state index contributed by atoms with van der Waals surface area (Å²) in [6, 6.07) is 0.575. The fourth-order valence-corrected chi connectivity index (χ4v) is 3.57. The Morgan fingerprint density at radius 2 is 1.91 bits per heavy atom. The first kappa shape index (κ1) is 18.4. The molecule has 0 aromatic carbocycles. The van der Waals surface area contributed by atoms with Crippen molar-refractivity contribution < 1.29 is 9.90 Å². The molecule has 0 heterocycles. The minimum Gasteiger partial charge on any atom is -0.378 e. The molecule has 0 saturated heterocycles. The van der Waals surface area contributed by atoms with Crippen molar-refractivity contribution >= 4 is 5.91 Å². The van der Waals surface area contributed by atoms with Crippen LogP contribution in [0, 0.1) is 5.92 Å². The Hall–Kier alpha value is -0.910. The third kappa shape index (κ3) is 6.61. The van der Waals surface area contributed by atoms with Crippen molar-refractivity contribution in [3.63, 3.8) is 0 Å². The summed E-state index contributed by atoms with van der Waals surface area (Å²) in [6.45, 7) is 0.643. The molecule has 2 rings (SSSR count). The third-order valence-electron chi connectivity index (χ3n) is 5.02. The molecule has 5 N–H and O–H groups in total. The molecule has 0 aromatic rings. The van der Waals surface area contributed by atoms with Crippen molar-refractivity contribution in [1.29, 1.82) is 0 Å². The van der Waals surface area contributed by atoms with Crippen molar-refractivity contribution in [3.05, 3.63) is 12.2 Å². The average Bonchev–Trinajstić information content (AvgIpc) is 2.56. The lowest BCUT2D eigenvalue weighted by Crippen LogP contribution is -2.45. The van der Waals surface area contributed by atoms with E-state index in [0.29, 0.717) is 19.0 Å². The van der Waals surface area contributed by atoms with Gasteiger partial charge in [-0.3, -0.25) is 10.1 Å². The summed E-state index contributed by atoms with van der Waals surface area (Å²) < 4.78 is 0. The van der Waals surface area contributed by atoms with Crippen LogP contribution in [0.1, 0.15) is 64.2 Å². The highest BCUT2D eigenvalue weighted by molar-refractivity contribution is 5.76. The first-order valence-electron chi connectivity index (χ1n) is 9.31. The number of nitrogens with one attached hydrogen (secondary N) is 2. The smallest absolute Gasteiger partial charge is 0.220 e. The van der Waals surface area contributed by atoms with Crippen molar-refractivity contribution in [1.82, 2.24) is 10.6 Å². The SMILES string of the molecule is NCCCCC(=O)NC1C=CC(C(O)NC2CCCCC2)CC1. The van der Waals surface area contributed by atoms with Gasteiger partial charge in [-0.2, -0.15) is 0 Å². The third-order valence-corrected chi connectivity index (χ3v) is 5.02.